The van der Waals surface area contributed by atoms with Crippen LogP contribution in [0.25, 0.3) is 98.0 Å². The van der Waals surface area contributed by atoms with Crippen LogP contribution in [0, 0.1) is 0 Å². The fraction of sp³-hybridized carbons (Fsp3) is 0.100. The van der Waals surface area contributed by atoms with Crippen LogP contribution in [-0.4, -0.2) is 35.6 Å². The summed E-state index contributed by atoms with van der Waals surface area (Å²) in [5.74, 6) is 0. The molecule has 0 saturated carbocycles. The second-order valence-electron chi connectivity index (χ2n) is 12.8. The number of imidazole rings is 2. The second kappa shape index (κ2) is 9.08. The van der Waals surface area contributed by atoms with E-state index in [4.69, 9.17) is 9.97 Å². The number of nitrogens with zero attached hydrogens (tertiary/aromatic N) is 4. The molecule has 11 aromatic rings. The zero-order valence-electron chi connectivity index (χ0n) is 28.0. The molecular weight excluding hydrogens is 697 g/mol. The first-order chi connectivity index (χ1) is 25.2. The number of pyridine rings is 2. The van der Waals surface area contributed by atoms with E-state index in [-0.39, 0.29) is 30.4 Å². The van der Waals surface area contributed by atoms with Crippen LogP contribution in [0.5, 0.6) is 0 Å². The summed E-state index contributed by atoms with van der Waals surface area (Å²) in [5, 5.41) is 4.43. The summed E-state index contributed by atoms with van der Waals surface area (Å²) in [6, 6.07) is 20.2. The van der Waals surface area contributed by atoms with Crippen molar-refractivity contribution >= 4 is 118 Å². The number of fused-ring (bicyclic) bond motifs is 8. The molecule has 0 fully saturated rings. The summed E-state index contributed by atoms with van der Waals surface area (Å²) < 4.78 is 61.5. The summed E-state index contributed by atoms with van der Waals surface area (Å²) in [6.45, 7) is 8.00. The maximum absolute atomic E-state index is 14.7. The molecule has 2 aliphatic rings. The molecule has 0 bridgehead atoms. The van der Waals surface area contributed by atoms with Crippen LogP contribution < -0.4 is 11.1 Å². The quantitative estimate of drug-likeness (QED) is 0.116. The Hall–Kier alpha value is -5.98. The predicted molar refractivity (Wildman–Crippen MR) is 204 cm³/mol. The Morgan fingerprint density at radius 1 is 0.442 bits per heavy atom. The summed E-state index contributed by atoms with van der Waals surface area (Å²) in [6.07, 6.45) is 0. The van der Waals surface area contributed by atoms with E-state index in [1.54, 1.807) is 60.7 Å². The first-order valence-electron chi connectivity index (χ1n) is 17.1. The maximum atomic E-state index is 14.7. The van der Waals surface area contributed by atoms with Gasteiger partial charge in [-0.25, -0.2) is 26.8 Å². The molecule has 0 radical (unpaired) electrons. The zero-order valence-corrected chi connectivity index (χ0v) is 29.6. The number of aromatic nitrogens is 4. The van der Waals surface area contributed by atoms with Gasteiger partial charge in [-0.1, -0.05) is 52.0 Å². The summed E-state index contributed by atoms with van der Waals surface area (Å²) >= 11 is 0. The van der Waals surface area contributed by atoms with Crippen molar-refractivity contribution in [2.24, 2.45) is 0 Å². The van der Waals surface area contributed by atoms with Crippen LogP contribution in [0.15, 0.2) is 102 Å². The molecule has 0 unspecified atom stereocenters. The molecule has 52 heavy (non-hydrogen) atoms. The fourth-order valence-corrected chi connectivity index (χ4v) is 12.5. The van der Waals surface area contributed by atoms with Gasteiger partial charge in [0.1, 0.15) is 11.3 Å². The lowest BCUT2D eigenvalue weighted by molar-refractivity contribution is 0.597. The predicted octanol–water partition coefficient (Wildman–Crippen LogP) is 7.59. The molecule has 7 aromatic carbocycles. The summed E-state index contributed by atoms with van der Waals surface area (Å²) in [4.78, 5) is 38.2. The van der Waals surface area contributed by atoms with E-state index in [0.717, 1.165) is 0 Å². The van der Waals surface area contributed by atoms with Crippen molar-refractivity contribution < 1.29 is 16.8 Å². The maximum Gasteiger partial charge on any atom is 0.264 e. The highest BCUT2D eigenvalue weighted by Gasteiger charge is 2.43. The topological polar surface area (TPSA) is 137 Å². The highest BCUT2D eigenvalue weighted by atomic mass is 32.2. The third kappa shape index (κ3) is 2.89. The molecule has 0 amide bonds. The minimum absolute atomic E-state index is 0.0201. The van der Waals surface area contributed by atoms with Gasteiger partial charge in [0.2, 0.25) is 19.7 Å². The number of rotatable bonds is 0. The van der Waals surface area contributed by atoms with Crippen molar-refractivity contribution in [2.75, 3.05) is 0 Å². The molecule has 0 atom stereocenters. The van der Waals surface area contributed by atoms with Crippen molar-refractivity contribution in [1.82, 2.24) is 18.8 Å². The Bertz CT molecular complexity index is 3610. The van der Waals surface area contributed by atoms with Crippen LogP contribution >= 0.6 is 0 Å². The minimum atomic E-state index is -4.25. The number of hydrogen-bond donors (Lipinski definition) is 0. The number of para-hydroxylation sites is 4. The average molecular weight is 721 g/mol. The molecule has 252 valence electrons. The third-order valence-corrected chi connectivity index (χ3v) is 14.4. The van der Waals surface area contributed by atoms with Crippen LogP contribution in [-0.2, 0) is 19.7 Å². The molecule has 0 spiro atoms. The largest absolute Gasteiger partial charge is 0.268 e. The molecule has 2 aliphatic heterocycles. The minimum Gasteiger partial charge on any atom is -0.268 e. The van der Waals surface area contributed by atoms with Crippen LogP contribution in [0.4, 0.5) is 0 Å². The van der Waals surface area contributed by atoms with Gasteiger partial charge in [-0.05, 0) is 48.5 Å². The van der Waals surface area contributed by atoms with E-state index in [0.29, 0.717) is 87.2 Å². The molecule has 13 rings (SSSR count). The molecule has 4 aromatic heterocycles. The van der Waals surface area contributed by atoms with E-state index in [1.165, 1.54) is 20.9 Å². The molecule has 12 heteroatoms. The van der Waals surface area contributed by atoms with Gasteiger partial charge in [-0.3, -0.25) is 18.4 Å². The third-order valence-electron chi connectivity index (χ3n) is 10.8. The van der Waals surface area contributed by atoms with Gasteiger partial charge in [0.15, 0.2) is 0 Å². The Balaban J connectivity index is 0.000000777. The van der Waals surface area contributed by atoms with E-state index < -0.39 is 30.8 Å². The van der Waals surface area contributed by atoms with Crippen LogP contribution in [0.3, 0.4) is 0 Å². The SMILES string of the molecule is CC.CC.O=c1c2cc3c4c5c(cc6c(=O)n7c8ccccc8nc7c7cc8c(c9c(cc(c2c49)c2nc4ccccc4n12)S8(=O)=O)c5c67)S3(=O)=O. The second-order valence-corrected chi connectivity index (χ2v) is 16.6. The van der Waals surface area contributed by atoms with E-state index >= 15 is 0 Å². The monoisotopic (exact) mass is 720 g/mol. The molecule has 6 heterocycles. The van der Waals surface area contributed by atoms with Crippen molar-refractivity contribution in [2.45, 2.75) is 47.3 Å². The molecule has 0 saturated heterocycles. The van der Waals surface area contributed by atoms with E-state index in [2.05, 4.69) is 0 Å². The van der Waals surface area contributed by atoms with Crippen molar-refractivity contribution in [1.29, 1.82) is 0 Å². The van der Waals surface area contributed by atoms with Gasteiger partial charge in [-0.15, -0.1) is 0 Å². The number of hydrogen-bond acceptors (Lipinski definition) is 8. The van der Waals surface area contributed by atoms with Crippen molar-refractivity contribution in [3.05, 3.63) is 93.5 Å². The Kier molecular flexibility index (Phi) is 5.19. The van der Waals surface area contributed by atoms with Gasteiger partial charge in [0.25, 0.3) is 11.1 Å². The molecule has 10 nitrogen and oxygen atoms in total. The Morgan fingerprint density at radius 3 is 1.13 bits per heavy atom. The molecule has 0 N–H and O–H groups in total. The van der Waals surface area contributed by atoms with E-state index in [9.17, 15) is 26.4 Å². The first kappa shape index (κ1) is 29.7. The smallest absolute Gasteiger partial charge is 0.264 e. The van der Waals surface area contributed by atoms with Gasteiger partial charge in [0.05, 0.1) is 52.4 Å². The number of sulfone groups is 2. The first-order valence-corrected chi connectivity index (χ1v) is 20.1. The molecule has 0 aliphatic carbocycles. The lowest BCUT2D eigenvalue weighted by atomic mass is 9.86. The van der Waals surface area contributed by atoms with Gasteiger partial charge < -0.3 is 0 Å². The number of benzene rings is 7. The average Bonchev–Trinajstić information content (AvgIpc) is 3.87. The zero-order chi connectivity index (χ0) is 35.9. The molecular formula is C40H24N4O6S2. The standard InChI is InChI=1S/C36H12N4O6S2.2C2H6/c41-35-15-11-23-29-30-24(48(23,45)46)12-16-26-14(34-38-18-6-2-4-8-20(18)40(34)36(16)42)10-22-28(32(26)30)27-21(47(22,43)44)9-13(25(15)31(27)29)33-37-17-5-1-3-7-19(17)39(33)35;2*1-2/h1-12H;2*1-2H3. The Morgan fingerprint density at radius 2 is 0.769 bits per heavy atom. The van der Waals surface area contributed by atoms with Gasteiger partial charge in [0, 0.05) is 53.9 Å². The van der Waals surface area contributed by atoms with Gasteiger partial charge in [-0.2, -0.15) is 0 Å². The Labute approximate surface area is 293 Å². The van der Waals surface area contributed by atoms with Crippen molar-refractivity contribution in [3.8, 4) is 0 Å². The summed E-state index contributed by atoms with van der Waals surface area (Å²) in [7, 11) is -8.42. The highest BCUT2D eigenvalue weighted by molar-refractivity contribution is 7.93. The normalized spacial score (nSPS) is 15.3. The van der Waals surface area contributed by atoms with Crippen LogP contribution in [0.2, 0.25) is 0 Å². The summed E-state index contributed by atoms with van der Waals surface area (Å²) in [5.41, 5.74) is 1.88. The van der Waals surface area contributed by atoms with Crippen LogP contribution in [0.1, 0.15) is 27.7 Å². The van der Waals surface area contributed by atoms with E-state index in [1.807, 2.05) is 27.7 Å². The van der Waals surface area contributed by atoms with Gasteiger partial charge >= 0.3 is 0 Å². The fourth-order valence-electron chi connectivity index (χ4n) is 9.01. The lowest BCUT2D eigenvalue weighted by Gasteiger charge is -2.16. The van der Waals surface area contributed by atoms with Crippen molar-refractivity contribution in [3.63, 3.8) is 0 Å². The lowest BCUT2D eigenvalue weighted by Crippen LogP contribution is -2.14. The highest BCUT2D eigenvalue weighted by Crippen LogP contribution is 2.59.